The summed E-state index contributed by atoms with van der Waals surface area (Å²) in [5.74, 6) is 0.166. The van der Waals surface area contributed by atoms with Crippen molar-refractivity contribution in [3.8, 4) is 0 Å². The number of benzene rings is 1. The molecule has 132 valence electrons. The topological polar surface area (TPSA) is 41.6 Å². The molecule has 1 aromatic carbocycles. The van der Waals surface area contributed by atoms with Gasteiger partial charge in [-0.05, 0) is 62.8 Å². The number of rotatable bonds is 4. The van der Waals surface area contributed by atoms with Crippen LogP contribution in [0.5, 0.6) is 0 Å². The molecule has 2 fully saturated rings. The lowest BCUT2D eigenvalue weighted by atomic mass is 9.90. The first-order valence-corrected chi connectivity index (χ1v) is 9.32. The van der Waals surface area contributed by atoms with Crippen LogP contribution < -0.4 is 5.32 Å². The number of carbonyl (C=O) groups is 1. The zero-order valence-electron chi connectivity index (χ0n) is 15.0. The lowest BCUT2D eigenvalue weighted by molar-refractivity contribution is -0.124. The minimum absolute atomic E-state index is 0.166. The zero-order valence-corrected chi connectivity index (χ0v) is 15.0. The molecule has 1 amide bonds. The Hall–Kier alpha value is -1.39. The van der Waals surface area contributed by atoms with Crippen LogP contribution in [0, 0.1) is 13.8 Å². The largest absolute Gasteiger partial charge is 0.381 e. The Morgan fingerprint density at radius 3 is 2.79 bits per heavy atom. The number of aryl methyl sites for hydroxylation is 1. The van der Waals surface area contributed by atoms with E-state index in [1.807, 2.05) is 0 Å². The number of likely N-dealkylation sites (tertiary alicyclic amines) is 1. The van der Waals surface area contributed by atoms with E-state index >= 15 is 0 Å². The van der Waals surface area contributed by atoms with Gasteiger partial charge in [-0.2, -0.15) is 0 Å². The predicted molar refractivity (Wildman–Crippen MR) is 96.1 cm³/mol. The van der Waals surface area contributed by atoms with Gasteiger partial charge in [0.25, 0.3) is 0 Å². The Morgan fingerprint density at radius 2 is 2.00 bits per heavy atom. The number of amides is 1. The summed E-state index contributed by atoms with van der Waals surface area (Å²) in [6.45, 7) is 7.43. The molecule has 3 rings (SSSR count). The van der Waals surface area contributed by atoms with E-state index in [9.17, 15) is 4.79 Å². The van der Waals surface area contributed by atoms with Gasteiger partial charge in [0.15, 0.2) is 0 Å². The molecule has 2 aliphatic heterocycles. The maximum atomic E-state index is 12.5. The fourth-order valence-corrected chi connectivity index (χ4v) is 3.97. The maximum Gasteiger partial charge on any atom is 0.234 e. The molecule has 4 nitrogen and oxygen atoms in total. The van der Waals surface area contributed by atoms with Crippen molar-refractivity contribution >= 4 is 5.91 Å². The van der Waals surface area contributed by atoms with Gasteiger partial charge in [-0.1, -0.05) is 24.6 Å². The van der Waals surface area contributed by atoms with E-state index < -0.39 is 0 Å². The summed E-state index contributed by atoms with van der Waals surface area (Å²) in [5.41, 5.74) is 4.11. The highest BCUT2D eigenvalue weighted by Gasteiger charge is 2.27. The Balaban J connectivity index is 1.65. The van der Waals surface area contributed by atoms with Crippen LogP contribution in [0.25, 0.3) is 0 Å². The molecule has 1 unspecified atom stereocenters. The number of nitrogens with zero attached hydrogens (tertiary/aromatic N) is 1. The average Bonchev–Trinajstić information content (AvgIpc) is 2.59. The first kappa shape index (κ1) is 17.4. The molecule has 0 spiro atoms. The number of piperidine rings is 1. The molecule has 24 heavy (non-hydrogen) atoms. The quantitative estimate of drug-likeness (QED) is 0.922. The second-order valence-corrected chi connectivity index (χ2v) is 7.23. The summed E-state index contributed by atoms with van der Waals surface area (Å²) in [6.07, 6.45) is 5.45. The smallest absolute Gasteiger partial charge is 0.234 e. The Labute approximate surface area is 145 Å². The van der Waals surface area contributed by atoms with Crippen LogP contribution in [-0.4, -0.2) is 43.2 Å². The molecule has 2 saturated heterocycles. The van der Waals surface area contributed by atoms with Crippen LogP contribution in [-0.2, 0) is 9.53 Å². The Kier molecular flexibility index (Phi) is 5.90. The van der Waals surface area contributed by atoms with E-state index in [-0.39, 0.29) is 11.9 Å². The van der Waals surface area contributed by atoms with Crippen LogP contribution in [0.15, 0.2) is 18.2 Å². The highest BCUT2D eigenvalue weighted by molar-refractivity contribution is 5.78. The summed E-state index contributed by atoms with van der Waals surface area (Å²) in [5, 5.41) is 3.20. The minimum atomic E-state index is 0.166. The van der Waals surface area contributed by atoms with Gasteiger partial charge in [0.2, 0.25) is 5.91 Å². The lowest BCUT2D eigenvalue weighted by Crippen LogP contribution is -2.46. The average molecular weight is 330 g/mol. The van der Waals surface area contributed by atoms with Crippen molar-refractivity contribution in [2.75, 3.05) is 26.3 Å². The van der Waals surface area contributed by atoms with Gasteiger partial charge in [-0.3, -0.25) is 9.69 Å². The molecule has 4 heteroatoms. The van der Waals surface area contributed by atoms with Crippen molar-refractivity contribution in [3.63, 3.8) is 0 Å². The van der Waals surface area contributed by atoms with Gasteiger partial charge >= 0.3 is 0 Å². The van der Waals surface area contributed by atoms with Crippen molar-refractivity contribution in [1.82, 2.24) is 10.2 Å². The summed E-state index contributed by atoms with van der Waals surface area (Å²) in [7, 11) is 0. The van der Waals surface area contributed by atoms with E-state index in [4.69, 9.17) is 4.74 Å². The van der Waals surface area contributed by atoms with Crippen LogP contribution in [0.3, 0.4) is 0 Å². The molecule has 0 radical (unpaired) electrons. The zero-order chi connectivity index (χ0) is 16.9. The van der Waals surface area contributed by atoms with E-state index in [2.05, 4.69) is 42.3 Å². The molecular formula is C20H30N2O2. The fraction of sp³-hybridized carbons (Fsp3) is 0.650. The number of nitrogens with one attached hydrogen (secondary N) is 1. The molecule has 0 saturated carbocycles. The second-order valence-electron chi connectivity index (χ2n) is 7.23. The van der Waals surface area contributed by atoms with Gasteiger partial charge < -0.3 is 10.1 Å². The SMILES string of the molecule is Cc1cccc(C2CCCCN2CC(=O)NC2CCOCC2)c1C. The Bertz CT molecular complexity index is 567. The van der Waals surface area contributed by atoms with Gasteiger partial charge in [0.1, 0.15) is 0 Å². The third kappa shape index (κ3) is 4.17. The monoisotopic (exact) mass is 330 g/mol. The standard InChI is InChI=1S/C20H30N2O2/c1-15-6-5-7-18(16(15)2)19-8-3-4-11-22(19)14-20(23)21-17-9-12-24-13-10-17/h5-7,17,19H,3-4,8-14H2,1-2H3,(H,21,23). The van der Waals surface area contributed by atoms with Gasteiger partial charge in [0, 0.05) is 25.3 Å². The highest BCUT2D eigenvalue weighted by atomic mass is 16.5. The summed E-state index contributed by atoms with van der Waals surface area (Å²) in [6, 6.07) is 7.22. The molecule has 1 N–H and O–H groups in total. The van der Waals surface area contributed by atoms with Crippen molar-refractivity contribution in [1.29, 1.82) is 0 Å². The molecule has 2 heterocycles. The normalized spacial score (nSPS) is 23.2. The van der Waals surface area contributed by atoms with E-state index in [1.54, 1.807) is 0 Å². The summed E-state index contributed by atoms with van der Waals surface area (Å²) >= 11 is 0. The molecule has 0 aromatic heterocycles. The second kappa shape index (κ2) is 8.13. The van der Waals surface area contributed by atoms with Gasteiger partial charge in [-0.15, -0.1) is 0 Å². The summed E-state index contributed by atoms with van der Waals surface area (Å²) in [4.78, 5) is 14.9. The number of hydrogen-bond donors (Lipinski definition) is 1. The number of hydrogen-bond acceptors (Lipinski definition) is 3. The van der Waals surface area contributed by atoms with Crippen LogP contribution in [0.2, 0.25) is 0 Å². The molecule has 0 aliphatic carbocycles. The van der Waals surface area contributed by atoms with E-state index in [1.165, 1.54) is 29.5 Å². The molecule has 2 aliphatic rings. The number of carbonyl (C=O) groups excluding carboxylic acids is 1. The summed E-state index contributed by atoms with van der Waals surface area (Å²) < 4.78 is 5.37. The third-order valence-electron chi connectivity index (χ3n) is 5.55. The predicted octanol–water partition coefficient (Wildman–Crippen LogP) is 3.13. The highest BCUT2D eigenvalue weighted by Crippen LogP contribution is 2.33. The van der Waals surface area contributed by atoms with E-state index in [0.717, 1.165) is 39.0 Å². The van der Waals surface area contributed by atoms with Crippen LogP contribution in [0.4, 0.5) is 0 Å². The van der Waals surface area contributed by atoms with E-state index in [0.29, 0.717) is 12.6 Å². The third-order valence-corrected chi connectivity index (χ3v) is 5.55. The van der Waals surface area contributed by atoms with Crippen molar-refractivity contribution in [2.45, 2.75) is 58.0 Å². The van der Waals surface area contributed by atoms with Crippen LogP contribution in [0.1, 0.15) is 54.8 Å². The molecular weight excluding hydrogens is 300 g/mol. The van der Waals surface area contributed by atoms with Crippen LogP contribution >= 0.6 is 0 Å². The van der Waals surface area contributed by atoms with Crippen molar-refractivity contribution in [2.24, 2.45) is 0 Å². The van der Waals surface area contributed by atoms with Gasteiger partial charge in [-0.25, -0.2) is 0 Å². The lowest BCUT2D eigenvalue weighted by Gasteiger charge is -2.37. The molecule has 1 aromatic rings. The van der Waals surface area contributed by atoms with Gasteiger partial charge in [0.05, 0.1) is 6.54 Å². The fourth-order valence-electron chi connectivity index (χ4n) is 3.97. The first-order valence-electron chi connectivity index (χ1n) is 9.32. The number of ether oxygens (including phenoxy) is 1. The minimum Gasteiger partial charge on any atom is -0.381 e. The maximum absolute atomic E-state index is 12.5. The molecule has 0 bridgehead atoms. The van der Waals surface area contributed by atoms with Crippen molar-refractivity contribution < 1.29 is 9.53 Å². The van der Waals surface area contributed by atoms with Crippen molar-refractivity contribution in [3.05, 3.63) is 34.9 Å². The first-order chi connectivity index (χ1) is 11.6. The Morgan fingerprint density at radius 1 is 1.21 bits per heavy atom. The molecule has 1 atom stereocenters.